The maximum Gasteiger partial charge on any atom is 0.350 e. The monoisotopic (exact) mass is 1620 g/mol. The third-order valence-corrected chi connectivity index (χ3v) is 25.0. The standard InChI is InChI=1S/C28H30ClFN4O3S.C28H30F2N4O3S.C28H31FN4O3S/c1-4-12-37-19-15-34-25-20(27(31-28(34)36)33-10-8-32(9-11-33)23(35)5-2)13-17(3)24(26(25)38-16-19)18-6-7-22(30)21(29)14-18;1-4-12-37-19-15-34-25-21(27(31-28(34)36)33-10-8-32(9-11-33)23(35)5-2)13-17(3)24(26(25)38-16-19)20-7-6-18(29)14-22(20)30;1-4-14-36-21-16-33-25-22(27(30-28(33)35)32-12-10-31(11-13-32)23(34)5-2)15-18(3)24(26(25)37-17-21)19-6-8-20(29)9-7-19/h2*5-7,13-14,19H,2,4,8-12,15-16H2,1,3H3;5-9,15,21H,2,4,10-14,16-17H2,1,3H3. The van der Waals surface area contributed by atoms with Crippen LogP contribution < -0.4 is 31.8 Å². The lowest BCUT2D eigenvalue weighted by Gasteiger charge is -2.35. The lowest BCUT2D eigenvalue weighted by atomic mass is 9.97. The van der Waals surface area contributed by atoms with Gasteiger partial charge in [0.15, 0.2) is 0 Å². The molecule has 3 saturated heterocycles. The van der Waals surface area contributed by atoms with E-state index in [-0.39, 0.29) is 63.8 Å². The number of aromatic nitrogens is 6. The van der Waals surface area contributed by atoms with Gasteiger partial charge in [0, 0.05) is 175 Å². The molecule has 9 heterocycles. The van der Waals surface area contributed by atoms with Gasteiger partial charge in [-0.05, 0) is 141 Å². The first-order valence-electron chi connectivity index (χ1n) is 38.2. The quantitative estimate of drug-likeness (QED) is 0.0579. The molecule has 3 fully saturated rings. The van der Waals surface area contributed by atoms with Crippen LogP contribution in [0, 0.1) is 44.0 Å². The maximum atomic E-state index is 15.1. The molecule has 0 N–H and O–H groups in total. The molecule has 0 saturated carbocycles. The highest BCUT2D eigenvalue weighted by Gasteiger charge is 2.35. The Morgan fingerprint density at radius 2 is 0.788 bits per heavy atom. The molecule has 9 aromatic rings. The first-order chi connectivity index (χ1) is 54.5. The number of anilines is 3. The molecule has 3 atom stereocenters. The number of ether oxygens (including phenoxy) is 3. The number of hydrogen-bond acceptors (Lipinski definition) is 18. The van der Waals surface area contributed by atoms with E-state index in [1.807, 2.05) is 38.7 Å². The Morgan fingerprint density at radius 3 is 1.13 bits per heavy atom. The predicted octanol–water partition coefficient (Wildman–Crippen LogP) is 13.5. The highest BCUT2D eigenvalue weighted by molar-refractivity contribution is 8.00. The number of rotatable bonds is 18. The van der Waals surface area contributed by atoms with Gasteiger partial charge in [-0.2, -0.15) is 15.0 Å². The lowest BCUT2D eigenvalue weighted by Crippen LogP contribution is -2.49. The van der Waals surface area contributed by atoms with Crippen molar-refractivity contribution in [2.75, 3.05) is 130 Å². The molecule has 6 aliphatic heterocycles. The number of carbonyl (C=O) groups excluding carboxylic acids is 3. The molecular weight excluding hydrogens is 1530 g/mol. The largest absolute Gasteiger partial charge is 0.375 e. The van der Waals surface area contributed by atoms with Gasteiger partial charge in [-0.25, -0.2) is 31.9 Å². The van der Waals surface area contributed by atoms with Crippen molar-refractivity contribution in [1.82, 2.24) is 43.4 Å². The van der Waals surface area contributed by atoms with E-state index in [4.69, 9.17) is 25.8 Å². The summed E-state index contributed by atoms with van der Waals surface area (Å²) in [6.45, 7) is 32.2. The van der Waals surface area contributed by atoms with E-state index in [1.54, 1.807) is 76.2 Å². The molecular formula is C84H91ClF4N12O9S3. The van der Waals surface area contributed by atoms with Gasteiger partial charge in [-0.15, -0.1) is 35.3 Å². The van der Waals surface area contributed by atoms with Crippen LogP contribution in [0.2, 0.25) is 5.02 Å². The Labute approximate surface area is 670 Å². The average Bonchev–Trinajstić information content (AvgIpc) is 0.885. The highest BCUT2D eigenvalue weighted by Crippen LogP contribution is 2.48. The molecule has 0 bridgehead atoms. The third-order valence-electron chi connectivity index (χ3n) is 21.0. The van der Waals surface area contributed by atoms with Gasteiger partial charge in [0.1, 0.15) is 40.7 Å². The summed E-state index contributed by atoms with van der Waals surface area (Å²) in [7, 11) is 0. The zero-order chi connectivity index (χ0) is 80.1. The number of halogens is 5. The molecule has 3 amide bonds. The third kappa shape index (κ3) is 17.3. The van der Waals surface area contributed by atoms with Crippen LogP contribution in [0.1, 0.15) is 56.7 Å². The lowest BCUT2D eigenvalue weighted by molar-refractivity contribution is -0.127. The summed E-state index contributed by atoms with van der Waals surface area (Å²) in [5.41, 5.74) is 8.64. The normalized spacial score (nSPS) is 17.6. The van der Waals surface area contributed by atoms with E-state index in [0.29, 0.717) is 164 Å². The average molecular weight is 1620 g/mol. The topological polar surface area (TPSA) is 203 Å². The van der Waals surface area contributed by atoms with Gasteiger partial charge in [0.2, 0.25) is 17.7 Å². The molecule has 0 aliphatic carbocycles. The van der Waals surface area contributed by atoms with Crippen molar-refractivity contribution in [1.29, 1.82) is 0 Å². The van der Waals surface area contributed by atoms with Crippen molar-refractivity contribution in [2.45, 2.75) is 113 Å². The number of nitrogens with zero attached hydrogens (tertiary/aromatic N) is 12. The maximum absolute atomic E-state index is 15.1. The molecule has 6 aliphatic rings. The number of benzene rings is 6. The van der Waals surface area contributed by atoms with Crippen LogP contribution in [0.3, 0.4) is 0 Å². The second-order valence-corrected chi connectivity index (χ2v) is 32.1. The number of piperazine rings is 3. The summed E-state index contributed by atoms with van der Waals surface area (Å²) >= 11 is 11.0. The molecule has 594 valence electrons. The van der Waals surface area contributed by atoms with Crippen LogP contribution in [0.15, 0.2) is 146 Å². The number of aryl methyl sites for hydroxylation is 3. The Morgan fingerprint density at radius 1 is 0.451 bits per heavy atom. The van der Waals surface area contributed by atoms with Gasteiger partial charge in [-0.1, -0.05) is 70.3 Å². The van der Waals surface area contributed by atoms with Crippen LogP contribution in [0.5, 0.6) is 0 Å². The van der Waals surface area contributed by atoms with E-state index >= 15 is 4.39 Å². The molecule has 21 nitrogen and oxygen atoms in total. The van der Waals surface area contributed by atoms with Crippen molar-refractivity contribution < 1.29 is 46.2 Å². The minimum absolute atomic E-state index is 0.0525. The van der Waals surface area contributed by atoms with Gasteiger partial charge >= 0.3 is 17.1 Å². The van der Waals surface area contributed by atoms with Crippen LogP contribution in [0.4, 0.5) is 35.0 Å². The molecule has 29 heteroatoms. The zero-order valence-corrected chi connectivity index (χ0v) is 67.4. The molecule has 6 aromatic carbocycles. The van der Waals surface area contributed by atoms with Crippen molar-refractivity contribution in [3.8, 4) is 33.4 Å². The summed E-state index contributed by atoms with van der Waals surface area (Å²) in [5, 5.41) is 2.62. The van der Waals surface area contributed by atoms with E-state index < -0.39 is 23.1 Å². The molecule has 3 unspecified atom stereocenters. The smallest absolute Gasteiger partial charge is 0.350 e. The molecule has 15 rings (SSSR count). The summed E-state index contributed by atoms with van der Waals surface area (Å²) in [6.07, 6.45) is 6.10. The van der Waals surface area contributed by atoms with Gasteiger partial charge < -0.3 is 43.6 Å². The molecule has 3 aromatic heterocycles. The van der Waals surface area contributed by atoms with Crippen LogP contribution >= 0.6 is 46.9 Å². The fourth-order valence-electron chi connectivity index (χ4n) is 15.5. The SMILES string of the molecule is C=CC(=O)N1CCN(c2nc(=O)n3c4c(c(-c5ccc(F)c(Cl)c5)c(C)cc24)SCC(OCCC)C3)CC1.C=CC(=O)N1CCN(c2nc(=O)n3c4c(c(-c5ccc(F)cc5)c(C)cc24)SCC(OCCC)C3)CC1.C=CC(=O)N1CCN(c2nc(=O)n3c4c(c(-c5ccc(F)cc5F)c(C)cc24)SCC(OCCC)C3)CC1. The number of amides is 3. The number of hydrogen-bond donors (Lipinski definition) is 0. The first-order valence-corrected chi connectivity index (χ1v) is 41.5. The summed E-state index contributed by atoms with van der Waals surface area (Å²) < 4.78 is 80.0. The van der Waals surface area contributed by atoms with Crippen molar-refractivity contribution >= 4 is 115 Å². The summed E-state index contributed by atoms with van der Waals surface area (Å²) in [4.78, 5) is 105. The van der Waals surface area contributed by atoms with E-state index in [2.05, 4.69) is 70.5 Å². The minimum atomic E-state index is -0.654. The van der Waals surface area contributed by atoms with Gasteiger partial charge in [0.25, 0.3) is 0 Å². The minimum Gasteiger partial charge on any atom is -0.375 e. The summed E-state index contributed by atoms with van der Waals surface area (Å²) in [6, 6.07) is 20.9. The summed E-state index contributed by atoms with van der Waals surface area (Å²) in [5.74, 6) is 1.39. The number of carbonyl (C=O) groups is 3. The first kappa shape index (κ1) is 81.7. The second-order valence-electron chi connectivity index (χ2n) is 28.6. The zero-order valence-electron chi connectivity index (χ0n) is 64.2. The Balaban J connectivity index is 0.000000148. The second kappa shape index (κ2) is 36.0. The van der Waals surface area contributed by atoms with Crippen LogP contribution in [-0.4, -0.2) is 195 Å². The Kier molecular flexibility index (Phi) is 26.1. The highest BCUT2D eigenvalue weighted by atomic mass is 35.5. The molecule has 0 spiro atoms. The van der Waals surface area contributed by atoms with Crippen molar-refractivity contribution in [3.63, 3.8) is 0 Å². The van der Waals surface area contributed by atoms with Gasteiger partial charge in [0.05, 0.1) is 59.5 Å². The molecule has 0 radical (unpaired) electrons. The van der Waals surface area contributed by atoms with Crippen LogP contribution in [-0.2, 0) is 48.2 Å². The van der Waals surface area contributed by atoms with Crippen molar-refractivity contribution in [3.05, 3.63) is 193 Å². The van der Waals surface area contributed by atoms with E-state index in [9.17, 15) is 41.9 Å². The fraction of sp³-hybridized carbons (Fsp3) is 0.393. The van der Waals surface area contributed by atoms with Crippen molar-refractivity contribution in [2.24, 2.45) is 0 Å². The molecule has 113 heavy (non-hydrogen) atoms. The Hall–Kier alpha value is -9.29. The van der Waals surface area contributed by atoms with Gasteiger partial charge in [-0.3, -0.25) is 28.1 Å². The van der Waals surface area contributed by atoms with Crippen LogP contribution in [0.25, 0.3) is 66.1 Å². The Bertz CT molecular complexity index is 5380. The van der Waals surface area contributed by atoms with E-state index in [0.717, 1.165) is 106 Å². The van der Waals surface area contributed by atoms with E-state index in [1.165, 1.54) is 60.3 Å². The predicted molar refractivity (Wildman–Crippen MR) is 443 cm³/mol. The number of thioether (sulfide) groups is 3. The fourth-order valence-corrected chi connectivity index (χ4v) is 19.7.